The van der Waals surface area contributed by atoms with Crippen molar-refractivity contribution < 1.29 is 18.0 Å². The van der Waals surface area contributed by atoms with Gasteiger partial charge in [-0.1, -0.05) is 18.2 Å². The van der Waals surface area contributed by atoms with Crippen LogP contribution in [-0.2, 0) is 19.4 Å². The molecule has 2 aliphatic heterocycles. The molecule has 2 amide bonds. The summed E-state index contributed by atoms with van der Waals surface area (Å²) in [5.41, 5.74) is 2.70. The lowest BCUT2D eigenvalue weighted by molar-refractivity contribution is -0.125. The Morgan fingerprint density at radius 2 is 1.84 bits per heavy atom. The van der Waals surface area contributed by atoms with Crippen LogP contribution in [0.2, 0.25) is 0 Å². The molecule has 0 unspecified atom stereocenters. The van der Waals surface area contributed by atoms with Crippen LogP contribution in [0.3, 0.4) is 0 Å². The molecule has 134 valence electrons. The maximum atomic E-state index is 12.5. The number of hydrogen-bond donors (Lipinski definition) is 1. The minimum absolute atomic E-state index is 0.0438. The van der Waals surface area contributed by atoms with Gasteiger partial charge in [-0.2, -0.15) is 5.10 Å². The van der Waals surface area contributed by atoms with E-state index in [4.69, 9.17) is 0 Å². The lowest BCUT2D eigenvalue weighted by Gasteiger charge is -2.32. The molecule has 8 heteroatoms. The van der Waals surface area contributed by atoms with Crippen LogP contribution in [0.1, 0.15) is 25.7 Å². The molecule has 25 heavy (non-hydrogen) atoms. The first kappa shape index (κ1) is 17.6. The summed E-state index contributed by atoms with van der Waals surface area (Å²) in [6.45, 7) is 1.03. The van der Waals surface area contributed by atoms with Gasteiger partial charge in [-0.25, -0.2) is 13.8 Å². The predicted molar refractivity (Wildman–Crippen MR) is 92.6 cm³/mol. The van der Waals surface area contributed by atoms with Crippen molar-refractivity contribution in [2.45, 2.75) is 30.6 Å². The first-order valence-corrected chi connectivity index (χ1v) is 10.0. The minimum atomic E-state index is -3.30. The number of carbonyl (C=O) groups is 2. The van der Waals surface area contributed by atoms with Gasteiger partial charge >= 0.3 is 0 Å². The molecule has 1 aromatic rings. The van der Waals surface area contributed by atoms with Crippen LogP contribution in [0.25, 0.3) is 0 Å². The SMILES string of the molecule is O=C1CCC(C(=O)N2CCC(CS(=O)(=O)c3ccccc3)CC2)=NN1. The monoisotopic (exact) mass is 363 g/mol. The molecule has 1 saturated heterocycles. The van der Waals surface area contributed by atoms with E-state index in [-0.39, 0.29) is 29.9 Å². The highest BCUT2D eigenvalue weighted by atomic mass is 32.2. The molecule has 0 aliphatic carbocycles. The van der Waals surface area contributed by atoms with Gasteiger partial charge in [0.1, 0.15) is 5.71 Å². The molecule has 2 aliphatic rings. The van der Waals surface area contributed by atoms with E-state index in [1.54, 1.807) is 35.2 Å². The van der Waals surface area contributed by atoms with Gasteiger partial charge in [-0.05, 0) is 30.9 Å². The fourth-order valence-corrected chi connectivity index (χ4v) is 4.87. The number of sulfone groups is 1. The van der Waals surface area contributed by atoms with E-state index < -0.39 is 9.84 Å². The van der Waals surface area contributed by atoms with E-state index in [1.165, 1.54) is 0 Å². The second kappa shape index (κ2) is 7.35. The lowest BCUT2D eigenvalue weighted by atomic mass is 9.98. The molecular weight excluding hydrogens is 342 g/mol. The number of piperidine rings is 1. The number of nitrogens with zero attached hydrogens (tertiary/aromatic N) is 2. The molecule has 7 nitrogen and oxygen atoms in total. The molecule has 0 spiro atoms. The van der Waals surface area contributed by atoms with Gasteiger partial charge in [0.05, 0.1) is 10.6 Å². The Hall–Kier alpha value is -2.22. The highest BCUT2D eigenvalue weighted by molar-refractivity contribution is 7.91. The van der Waals surface area contributed by atoms with Crippen LogP contribution in [0, 0.1) is 5.92 Å². The molecule has 1 fully saturated rings. The van der Waals surface area contributed by atoms with Crippen molar-refractivity contribution in [1.29, 1.82) is 0 Å². The van der Waals surface area contributed by atoms with E-state index in [0.717, 1.165) is 0 Å². The molecule has 0 radical (unpaired) electrons. The average Bonchev–Trinajstić information content (AvgIpc) is 2.63. The highest BCUT2D eigenvalue weighted by Crippen LogP contribution is 2.23. The minimum Gasteiger partial charge on any atom is -0.338 e. The van der Waals surface area contributed by atoms with Gasteiger partial charge in [-0.3, -0.25) is 9.59 Å². The van der Waals surface area contributed by atoms with E-state index in [9.17, 15) is 18.0 Å². The van der Waals surface area contributed by atoms with E-state index in [1.807, 2.05) is 0 Å². The number of nitrogens with one attached hydrogen (secondary N) is 1. The zero-order valence-corrected chi connectivity index (χ0v) is 14.7. The molecule has 1 aromatic carbocycles. The fourth-order valence-electron chi connectivity index (χ4n) is 3.15. The number of hydrazone groups is 1. The third kappa shape index (κ3) is 4.25. The Kier molecular flexibility index (Phi) is 5.17. The zero-order chi connectivity index (χ0) is 17.9. The first-order chi connectivity index (χ1) is 12.0. The summed E-state index contributed by atoms with van der Waals surface area (Å²) in [7, 11) is -3.30. The summed E-state index contributed by atoms with van der Waals surface area (Å²) in [6.07, 6.45) is 1.93. The van der Waals surface area contributed by atoms with Gasteiger partial charge in [0, 0.05) is 25.9 Å². The molecule has 1 N–H and O–H groups in total. The Morgan fingerprint density at radius 3 is 2.44 bits per heavy atom. The predicted octanol–water partition coefficient (Wildman–Crippen LogP) is 0.965. The lowest BCUT2D eigenvalue weighted by Crippen LogP contribution is -2.44. The topological polar surface area (TPSA) is 95.9 Å². The molecule has 0 atom stereocenters. The van der Waals surface area contributed by atoms with Crippen molar-refractivity contribution in [3.8, 4) is 0 Å². The third-order valence-corrected chi connectivity index (χ3v) is 6.51. The number of amides is 2. The number of carbonyl (C=O) groups excluding carboxylic acids is 2. The van der Waals surface area contributed by atoms with Crippen molar-refractivity contribution in [3.05, 3.63) is 30.3 Å². The Morgan fingerprint density at radius 1 is 1.16 bits per heavy atom. The van der Waals surface area contributed by atoms with Gasteiger partial charge in [0.25, 0.3) is 5.91 Å². The molecule has 0 bridgehead atoms. The van der Waals surface area contributed by atoms with Crippen molar-refractivity contribution >= 4 is 27.4 Å². The molecule has 0 aromatic heterocycles. The second-order valence-corrected chi connectivity index (χ2v) is 8.46. The summed E-state index contributed by atoms with van der Waals surface area (Å²) in [5, 5.41) is 3.83. The summed E-state index contributed by atoms with van der Waals surface area (Å²) < 4.78 is 24.9. The van der Waals surface area contributed by atoms with Gasteiger partial charge in [0.15, 0.2) is 9.84 Å². The van der Waals surface area contributed by atoms with Crippen molar-refractivity contribution in [3.63, 3.8) is 0 Å². The Balaban J connectivity index is 1.55. The maximum absolute atomic E-state index is 12.5. The van der Waals surface area contributed by atoms with Crippen LogP contribution in [0.4, 0.5) is 0 Å². The second-order valence-electron chi connectivity index (χ2n) is 6.42. The molecule has 3 rings (SSSR count). The van der Waals surface area contributed by atoms with Gasteiger partial charge < -0.3 is 4.90 Å². The quantitative estimate of drug-likeness (QED) is 0.862. The maximum Gasteiger partial charge on any atom is 0.270 e. The third-order valence-electron chi connectivity index (χ3n) is 4.61. The number of rotatable bonds is 4. The first-order valence-electron chi connectivity index (χ1n) is 8.38. The van der Waals surface area contributed by atoms with E-state index >= 15 is 0 Å². The molecule has 0 saturated carbocycles. The van der Waals surface area contributed by atoms with Gasteiger partial charge in [-0.15, -0.1) is 0 Å². The van der Waals surface area contributed by atoms with E-state index in [2.05, 4.69) is 10.5 Å². The fraction of sp³-hybridized carbons (Fsp3) is 0.471. The summed E-state index contributed by atoms with van der Waals surface area (Å²) in [4.78, 5) is 25.5. The van der Waals surface area contributed by atoms with Crippen LogP contribution in [-0.4, -0.2) is 49.7 Å². The van der Waals surface area contributed by atoms with Crippen LogP contribution in [0.5, 0.6) is 0 Å². The normalized spacial score (nSPS) is 19.3. The van der Waals surface area contributed by atoms with Gasteiger partial charge in [0.2, 0.25) is 5.91 Å². The number of hydrogen-bond acceptors (Lipinski definition) is 5. The number of likely N-dealkylation sites (tertiary alicyclic amines) is 1. The summed E-state index contributed by atoms with van der Waals surface area (Å²) in [6, 6.07) is 8.46. The Labute approximate surface area is 147 Å². The largest absolute Gasteiger partial charge is 0.338 e. The van der Waals surface area contributed by atoms with Crippen molar-refractivity contribution in [2.75, 3.05) is 18.8 Å². The molecular formula is C17H21N3O4S. The molecule has 2 heterocycles. The zero-order valence-electron chi connectivity index (χ0n) is 13.8. The Bertz CT molecular complexity index is 781. The van der Waals surface area contributed by atoms with Crippen LogP contribution in [0.15, 0.2) is 40.3 Å². The van der Waals surface area contributed by atoms with Crippen molar-refractivity contribution in [1.82, 2.24) is 10.3 Å². The van der Waals surface area contributed by atoms with E-state index in [0.29, 0.717) is 43.0 Å². The highest BCUT2D eigenvalue weighted by Gasteiger charge is 2.30. The van der Waals surface area contributed by atoms with Crippen molar-refractivity contribution in [2.24, 2.45) is 11.0 Å². The smallest absolute Gasteiger partial charge is 0.270 e. The summed E-state index contributed by atoms with van der Waals surface area (Å²) in [5.74, 6) is -0.191. The summed E-state index contributed by atoms with van der Waals surface area (Å²) >= 11 is 0. The van der Waals surface area contributed by atoms with Crippen LogP contribution >= 0.6 is 0 Å². The average molecular weight is 363 g/mol. The standard InChI is InChI=1S/C17H21N3O4S/c21-16-7-6-15(18-19-16)17(22)20-10-8-13(9-11-20)12-25(23,24)14-4-2-1-3-5-14/h1-5,13H,6-12H2,(H,19,21). The number of benzene rings is 1. The van der Waals surface area contributed by atoms with Crippen LogP contribution < -0.4 is 5.43 Å².